The van der Waals surface area contributed by atoms with Gasteiger partial charge in [0.25, 0.3) is 0 Å². The van der Waals surface area contributed by atoms with Gasteiger partial charge in [0.15, 0.2) is 0 Å². The molecule has 120 valence electrons. The summed E-state index contributed by atoms with van der Waals surface area (Å²) in [5, 5.41) is 6.74. The summed E-state index contributed by atoms with van der Waals surface area (Å²) in [5.41, 5.74) is -0.289. The van der Waals surface area contributed by atoms with Crippen molar-refractivity contribution in [3.63, 3.8) is 0 Å². The Balaban J connectivity index is 3.83. The normalized spacial score (nSPS) is 12.3. The average molecular weight is 287 g/mol. The molecule has 0 atom stereocenters. The minimum absolute atomic E-state index is 0.146. The highest BCUT2D eigenvalue weighted by atomic mass is 16.6. The van der Waals surface area contributed by atoms with Crippen LogP contribution < -0.4 is 10.6 Å². The monoisotopic (exact) mass is 287 g/mol. The van der Waals surface area contributed by atoms with E-state index in [1.807, 2.05) is 27.7 Å². The maximum absolute atomic E-state index is 11.9. The van der Waals surface area contributed by atoms with E-state index in [1.54, 1.807) is 4.90 Å². The van der Waals surface area contributed by atoms with Gasteiger partial charge in [0.1, 0.15) is 5.60 Å². The number of ether oxygens (including phenoxy) is 1. The van der Waals surface area contributed by atoms with E-state index >= 15 is 0 Å². The Labute approximate surface area is 124 Å². The van der Waals surface area contributed by atoms with Gasteiger partial charge in [0, 0.05) is 38.3 Å². The third-order valence-electron chi connectivity index (χ3n) is 2.55. The molecule has 20 heavy (non-hydrogen) atoms. The molecule has 0 aliphatic carbocycles. The first-order valence-electron chi connectivity index (χ1n) is 7.49. The predicted octanol–water partition coefficient (Wildman–Crippen LogP) is 2.22. The molecule has 0 aliphatic heterocycles. The van der Waals surface area contributed by atoms with Gasteiger partial charge in [0.2, 0.25) is 0 Å². The lowest BCUT2D eigenvalue weighted by atomic mass is 10.1. The van der Waals surface area contributed by atoms with Gasteiger partial charge in [-0.1, -0.05) is 0 Å². The highest BCUT2D eigenvalue weighted by Crippen LogP contribution is 2.09. The lowest BCUT2D eigenvalue weighted by molar-refractivity contribution is 0.0262. The van der Waals surface area contributed by atoms with Gasteiger partial charge >= 0.3 is 6.09 Å². The summed E-state index contributed by atoms with van der Waals surface area (Å²) in [7, 11) is 0. The van der Waals surface area contributed by atoms with E-state index in [4.69, 9.17) is 4.74 Å². The van der Waals surface area contributed by atoms with Gasteiger partial charge in [-0.05, 0) is 48.5 Å². The zero-order valence-corrected chi connectivity index (χ0v) is 14.3. The first-order chi connectivity index (χ1) is 9.05. The van der Waals surface area contributed by atoms with E-state index in [2.05, 4.69) is 31.4 Å². The third kappa shape index (κ3) is 11.1. The number of rotatable bonds is 7. The van der Waals surface area contributed by atoms with E-state index in [1.165, 1.54) is 0 Å². The van der Waals surface area contributed by atoms with Crippen molar-refractivity contribution in [1.29, 1.82) is 0 Å². The van der Waals surface area contributed by atoms with Gasteiger partial charge in [-0.3, -0.25) is 0 Å². The molecular weight excluding hydrogens is 254 g/mol. The van der Waals surface area contributed by atoms with E-state index < -0.39 is 5.60 Å². The number of hydrogen-bond donors (Lipinski definition) is 2. The van der Waals surface area contributed by atoms with Crippen molar-refractivity contribution >= 4 is 6.09 Å². The first kappa shape index (κ1) is 19.2. The molecule has 0 aliphatic rings. The van der Waals surface area contributed by atoms with Crippen LogP contribution in [-0.4, -0.2) is 54.9 Å². The average Bonchev–Trinajstić information content (AvgIpc) is 2.24. The van der Waals surface area contributed by atoms with Crippen molar-refractivity contribution in [3.05, 3.63) is 0 Å². The van der Waals surface area contributed by atoms with Crippen LogP contribution in [0.2, 0.25) is 0 Å². The standard InChI is InChI=1S/C15H33N3O2/c1-8-18(13(19)20-15(5,6)7)12-11-16-9-10-17-14(2,3)4/h16-17H,8-12H2,1-7H3. The Kier molecular flexibility index (Phi) is 8.13. The van der Waals surface area contributed by atoms with Crippen molar-refractivity contribution in [2.24, 2.45) is 0 Å². The molecule has 0 unspecified atom stereocenters. The summed E-state index contributed by atoms with van der Waals surface area (Å²) in [6, 6.07) is 0. The second-order valence-corrected chi connectivity index (χ2v) is 6.99. The summed E-state index contributed by atoms with van der Waals surface area (Å²) in [4.78, 5) is 13.6. The lowest BCUT2D eigenvalue weighted by Gasteiger charge is -2.26. The van der Waals surface area contributed by atoms with Crippen LogP contribution in [0.1, 0.15) is 48.5 Å². The second-order valence-electron chi connectivity index (χ2n) is 6.99. The van der Waals surface area contributed by atoms with Crippen LogP contribution in [0.4, 0.5) is 4.79 Å². The Morgan fingerprint density at radius 3 is 2.10 bits per heavy atom. The first-order valence-corrected chi connectivity index (χ1v) is 7.49. The number of carbonyl (C=O) groups is 1. The zero-order chi connectivity index (χ0) is 15.8. The topological polar surface area (TPSA) is 53.6 Å². The van der Waals surface area contributed by atoms with Crippen molar-refractivity contribution in [2.75, 3.05) is 32.7 Å². The molecule has 0 bridgehead atoms. The number of nitrogens with zero attached hydrogens (tertiary/aromatic N) is 1. The van der Waals surface area contributed by atoms with Crippen LogP contribution in [0.15, 0.2) is 0 Å². The molecule has 2 N–H and O–H groups in total. The van der Waals surface area contributed by atoms with E-state index in [0.717, 1.165) is 19.6 Å². The molecule has 1 amide bonds. The molecule has 0 spiro atoms. The van der Waals surface area contributed by atoms with Crippen molar-refractivity contribution in [1.82, 2.24) is 15.5 Å². The summed E-state index contributed by atoms with van der Waals surface area (Å²) in [6.45, 7) is 18.0. The quantitative estimate of drug-likeness (QED) is 0.705. The summed E-state index contributed by atoms with van der Waals surface area (Å²) < 4.78 is 5.36. The molecular formula is C15H33N3O2. The van der Waals surface area contributed by atoms with Crippen LogP contribution in [0.5, 0.6) is 0 Å². The maximum Gasteiger partial charge on any atom is 0.410 e. The van der Waals surface area contributed by atoms with Crippen LogP contribution in [-0.2, 0) is 4.74 Å². The summed E-state index contributed by atoms with van der Waals surface area (Å²) in [5.74, 6) is 0. The molecule has 0 radical (unpaired) electrons. The zero-order valence-electron chi connectivity index (χ0n) is 14.3. The van der Waals surface area contributed by atoms with E-state index in [9.17, 15) is 4.79 Å². The molecule has 5 heteroatoms. The summed E-state index contributed by atoms with van der Waals surface area (Å²) >= 11 is 0. The molecule has 0 saturated carbocycles. The number of carbonyl (C=O) groups excluding carboxylic acids is 1. The van der Waals surface area contributed by atoms with E-state index in [0.29, 0.717) is 13.1 Å². The van der Waals surface area contributed by atoms with E-state index in [-0.39, 0.29) is 11.6 Å². The third-order valence-corrected chi connectivity index (χ3v) is 2.55. The molecule has 0 aromatic heterocycles. The van der Waals surface area contributed by atoms with Crippen LogP contribution in [0, 0.1) is 0 Å². The van der Waals surface area contributed by atoms with Crippen molar-refractivity contribution < 1.29 is 9.53 Å². The van der Waals surface area contributed by atoms with Crippen LogP contribution in [0.25, 0.3) is 0 Å². The Morgan fingerprint density at radius 1 is 1.05 bits per heavy atom. The fourth-order valence-corrected chi connectivity index (χ4v) is 1.57. The second kappa shape index (κ2) is 8.47. The van der Waals surface area contributed by atoms with Crippen molar-refractivity contribution in [3.8, 4) is 0 Å². The molecule has 0 fully saturated rings. The number of amides is 1. The van der Waals surface area contributed by atoms with Crippen molar-refractivity contribution in [2.45, 2.75) is 59.6 Å². The molecule has 0 aromatic rings. The van der Waals surface area contributed by atoms with Gasteiger partial charge < -0.3 is 20.3 Å². The van der Waals surface area contributed by atoms with Crippen LogP contribution >= 0.6 is 0 Å². The smallest absolute Gasteiger partial charge is 0.410 e. The number of hydrogen-bond acceptors (Lipinski definition) is 4. The Hall–Kier alpha value is -0.810. The number of nitrogens with one attached hydrogen (secondary N) is 2. The Morgan fingerprint density at radius 2 is 1.65 bits per heavy atom. The van der Waals surface area contributed by atoms with Gasteiger partial charge in [0.05, 0.1) is 0 Å². The minimum Gasteiger partial charge on any atom is -0.444 e. The van der Waals surface area contributed by atoms with Crippen LogP contribution in [0.3, 0.4) is 0 Å². The largest absolute Gasteiger partial charge is 0.444 e. The molecule has 0 saturated heterocycles. The highest BCUT2D eigenvalue weighted by molar-refractivity contribution is 5.68. The highest BCUT2D eigenvalue weighted by Gasteiger charge is 2.20. The Bertz CT molecular complexity index is 280. The molecule has 0 aromatic carbocycles. The predicted molar refractivity (Wildman–Crippen MR) is 84.1 cm³/mol. The fraction of sp³-hybridized carbons (Fsp3) is 0.933. The maximum atomic E-state index is 11.9. The fourth-order valence-electron chi connectivity index (χ4n) is 1.57. The van der Waals surface area contributed by atoms with Gasteiger partial charge in [-0.15, -0.1) is 0 Å². The number of likely N-dealkylation sites (N-methyl/N-ethyl adjacent to an activating group) is 1. The lowest BCUT2D eigenvalue weighted by Crippen LogP contribution is -2.43. The summed E-state index contributed by atoms with van der Waals surface area (Å²) in [6.07, 6.45) is -0.241. The molecule has 0 rings (SSSR count). The van der Waals surface area contributed by atoms with Gasteiger partial charge in [-0.25, -0.2) is 4.79 Å². The molecule has 0 heterocycles. The molecule has 5 nitrogen and oxygen atoms in total. The SMILES string of the molecule is CCN(CCNCCNC(C)(C)C)C(=O)OC(C)(C)C. The van der Waals surface area contributed by atoms with Gasteiger partial charge in [-0.2, -0.15) is 0 Å². The minimum atomic E-state index is -0.436.